The van der Waals surface area contributed by atoms with Crippen molar-refractivity contribution in [2.45, 2.75) is 20.0 Å². The maximum absolute atomic E-state index is 12.3. The normalized spacial score (nSPS) is 11.1. The Kier molecular flexibility index (Phi) is 4.33. The summed E-state index contributed by atoms with van der Waals surface area (Å²) in [4.78, 5) is 16.9. The fourth-order valence-electron chi connectivity index (χ4n) is 2.62. The van der Waals surface area contributed by atoms with Gasteiger partial charge in [-0.3, -0.25) is 4.79 Å². The number of aromatic nitrogens is 3. The highest BCUT2D eigenvalue weighted by Crippen LogP contribution is 2.25. The molecule has 5 nitrogen and oxygen atoms in total. The van der Waals surface area contributed by atoms with Crippen LogP contribution in [0.3, 0.4) is 0 Å². The highest BCUT2D eigenvalue weighted by Gasteiger charge is 2.16. The molecule has 0 spiro atoms. The summed E-state index contributed by atoms with van der Waals surface area (Å²) in [6.07, 6.45) is 0. The minimum absolute atomic E-state index is 0.240. The number of para-hydroxylation sites is 2. The summed E-state index contributed by atoms with van der Waals surface area (Å²) in [5, 5.41) is 3.58. The van der Waals surface area contributed by atoms with Gasteiger partial charge >= 0.3 is 0 Å². The Balaban J connectivity index is 1.83. The first-order valence-electron chi connectivity index (χ1n) is 7.26. The molecule has 2 heterocycles. The summed E-state index contributed by atoms with van der Waals surface area (Å²) < 4.78 is 3.64. The van der Waals surface area contributed by atoms with E-state index in [0.29, 0.717) is 22.4 Å². The number of halogens is 2. The minimum Gasteiger partial charge on any atom is -0.344 e. The van der Waals surface area contributed by atoms with Crippen LogP contribution in [0.25, 0.3) is 11.0 Å². The van der Waals surface area contributed by atoms with Crippen LogP contribution in [0.4, 0.5) is 0 Å². The van der Waals surface area contributed by atoms with Gasteiger partial charge in [0.05, 0.1) is 22.6 Å². The van der Waals surface area contributed by atoms with E-state index >= 15 is 0 Å². The highest BCUT2D eigenvalue weighted by atomic mass is 35.5. The third-order valence-corrected chi connectivity index (χ3v) is 4.65. The van der Waals surface area contributed by atoms with Crippen LogP contribution in [0, 0.1) is 0 Å². The van der Waals surface area contributed by atoms with E-state index in [1.165, 1.54) is 0 Å². The SMILES string of the molecule is CCn1c(CNC(=O)c2cc(Cl)c(Cl)n2C)nc2ccccc21. The molecule has 1 amide bonds. The average molecular weight is 351 g/mol. The summed E-state index contributed by atoms with van der Waals surface area (Å²) in [6.45, 7) is 3.17. The van der Waals surface area contributed by atoms with E-state index in [9.17, 15) is 4.79 Å². The van der Waals surface area contributed by atoms with Gasteiger partial charge in [0, 0.05) is 13.6 Å². The van der Waals surface area contributed by atoms with Gasteiger partial charge in [0.1, 0.15) is 16.7 Å². The summed E-state index contributed by atoms with van der Waals surface area (Å²) in [7, 11) is 1.70. The second kappa shape index (κ2) is 6.26. The molecule has 7 heteroatoms. The number of rotatable bonds is 4. The molecule has 0 fully saturated rings. The first kappa shape index (κ1) is 15.9. The van der Waals surface area contributed by atoms with E-state index in [0.717, 1.165) is 23.4 Å². The van der Waals surface area contributed by atoms with Crippen molar-refractivity contribution in [3.05, 3.63) is 52.0 Å². The Morgan fingerprint density at radius 3 is 2.70 bits per heavy atom. The van der Waals surface area contributed by atoms with Crippen LogP contribution in [0.2, 0.25) is 10.2 Å². The molecule has 0 atom stereocenters. The molecule has 120 valence electrons. The number of aryl methyl sites for hydroxylation is 1. The van der Waals surface area contributed by atoms with Crippen LogP contribution in [0.1, 0.15) is 23.2 Å². The van der Waals surface area contributed by atoms with Gasteiger partial charge in [0.15, 0.2) is 0 Å². The minimum atomic E-state index is -0.240. The third-order valence-electron chi connectivity index (χ3n) is 3.81. The maximum atomic E-state index is 12.3. The van der Waals surface area contributed by atoms with Gasteiger partial charge in [-0.15, -0.1) is 0 Å². The van der Waals surface area contributed by atoms with Crippen molar-refractivity contribution < 1.29 is 4.79 Å². The van der Waals surface area contributed by atoms with Crippen molar-refractivity contribution in [1.82, 2.24) is 19.4 Å². The number of benzene rings is 1. The molecule has 3 aromatic rings. The number of hydrogen-bond acceptors (Lipinski definition) is 2. The van der Waals surface area contributed by atoms with Crippen molar-refractivity contribution in [3.8, 4) is 0 Å². The molecule has 0 saturated heterocycles. The molecule has 3 rings (SSSR count). The molecular formula is C16H16Cl2N4O. The number of hydrogen-bond donors (Lipinski definition) is 1. The second-order valence-corrected chi connectivity index (χ2v) is 5.94. The topological polar surface area (TPSA) is 51.9 Å². The molecule has 0 aliphatic heterocycles. The van der Waals surface area contributed by atoms with Crippen LogP contribution >= 0.6 is 23.2 Å². The van der Waals surface area contributed by atoms with E-state index in [2.05, 4.69) is 21.8 Å². The Morgan fingerprint density at radius 2 is 2.04 bits per heavy atom. The standard InChI is InChI=1S/C16H16Cl2N4O/c1-3-22-12-7-5-4-6-11(12)20-14(22)9-19-16(23)13-8-10(17)15(18)21(13)2/h4-8H,3,9H2,1-2H3,(H,19,23). The van der Waals surface area contributed by atoms with Crippen molar-refractivity contribution in [1.29, 1.82) is 0 Å². The molecule has 0 aliphatic carbocycles. The van der Waals surface area contributed by atoms with Crippen LogP contribution in [-0.4, -0.2) is 20.0 Å². The molecular weight excluding hydrogens is 335 g/mol. The third kappa shape index (κ3) is 2.82. The Morgan fingerprint density at radius 1 is 1.30 bits per heavy atom. The first-order valence-corrected chi connectivity index (χ1v) is 8.01. The molecule has 1 aromatic carbocycles. The lowest BCUT2D eigenvalue weighted by Gasteiger charge is -2.08. The van der Waals surface area contributed by atoms with E-state index in [1.54, 1.807) is 17.7 Å². The predicted molar refractivity (Wildman–Crippen MR) is 92.0 cm³/mol. The van der Waals surface area contributed by atoms with Crippen LogP contribution < -0.4 is 5.32 Å². The number of imidazole rings is 1. The molecule has 1 N–H and O–H groups in total. The van der Waals surface area contributed by atoms with Gasteiger partial charge in [0.25, 0.3) is 5.91 Å². The van der Waals surface area contributed by atoms with E-state index in [1.807, 2.05) is 24.3 Å². The van der Waals surface area contributed by atoms with Crippen LogP contribution in [-0.2, 0) is 20.1 Å². The lowest BCUT2D eigenvalue weighted by atomic mass is 10.3. The van der Waals surface area contributed by atoms with Crippen LogP contribution in [0.5, 0.6) is 0 Å². The molecule has 0 saturated carbocycles. The molecule has 0 bridgehead atoms. The van der Waals surface area contributed by atoms with Crippen molar-refractivity contribution >= 4 is 40.1 Å². The quantitative estimate of drug-likeness (QED) is 0.780. The number of amides is 1. The highest BCUT2D eigenvalue weighted by molar-refractivity contribution is 6.41. The van der Waals surface area contributed by atoms with E-state index in [4.69, 9.17) is 23.2 Å². The Bertz CT molecular complexity index is 882. The summed E-state index contributed by atoms with van der Waals surface area (Å²) in [6, 6.07) is 9.47. The fourth-order valence-corrected chi connectivity index (χ4v) is 3.00. The zero-order valence-electron chi connectivity index (χ0n) is 12.8. The van der Waals surface area contributed by atoms with Gasteiger partial charge in [-0.1, -0.05) is 35.3 Å². The summed E-state index contributed by atoms with van der Waals surface area (Å²) >= 11 is 11.9. The van der Waals surface area contributed by atoms with Crippen molar-refractivity contribution in [2.75, 3.05) is 0 Å². The van der Waals surface area contributed by atoms with Gasteiger partial charge < -0.3 is 14.5 Å². The Hall–Kier alpha value is -1.98. The maximum Gasteiger partial charge on any atom is 0.268 e. The second-order valence-electron chi connectivity index (χ2n) is 5.17. The molecule has 23 heavy (non-hydrogen) atoms. The Labute approximate surface area is 143 Å². The van der Waals surface area contributed by atoms with Crippen molar-refractivity contribution in [2.24, 2.45) is 7.05 Å². The van der Waals surface area contributed by atoms with Gasteiger partial charge in [0.2, 0.25) is 0 Å². The van der Waals surface area contributed by atoms with E-state index < -0.39 is 0 Å². The van der Waals surface area contributed by atoms with Crippen molar-refractivity contribution in [3.63, 3.8) is 0 Å². The number of nitrogens with one attached hydrogen (secondary N) is 1. The lowest BCUT2D eigenvalue weighted by Crippen LogP contribution is -2.26. The predicted octanol–water partition coefficient (Wildman–Crippen LogP) is 3.63. The number of carbonyl (C=O) groups excluding carboxylic acids is 1. The van der Waals surface area contributed by atoms with Gasteiger partial charge in [-0.05, 0) is 25.1 Å². The number of carbonyl (C=O) groups is 1. The molecule has 0 radical (unpaired) electrons. The molecule has 2 aromatic heterocycles. The number of fused-ring (bicyclic) bond motifs is 1. The monoisotopic (exact) mass is 350 g/mol. The smallest absolute Gasteiger partial charge is 0.268 e. The van der Waals surface area contributed by atoms with Crippen LogP contribution in [0.15, 0.2) is 30.3 Å². The average Bonchev–Trinajstić information content (AvgIpc) is 3.04. The zero-order chi connectivity index (χ0) is 16.6. The van der Waals surface area contributed by atoms with E-state index in [-0.39, 0.29) is 5.91 Å². The largest absolute Gasteiger partial charge is 0.344 e. The zero-order valence-corrected chi connectivity index (χ0v) is 14.3. The lowest BCUT2D eigenvalue weighted by molar-refractivity contribution is 0.0941. The number of nitrogens with zero attached hydrogens (tertiary/aromatic N) is 3. The van der Waals surface area contributed by atoms with Gasteiger partial charge in [-0.25, -0.2) is 4.98 Å². The first-order chi connectivity index (χ1) is 11.0. The summed E-state index contributed by atoms with van der Waals surface area (Å²) in [5.41, 5.74) is 2.40. The van der Waals surface area contributed by atoms with Gasteiger partial charge in [-0.2, -0.15) is 0 Å². The fraction of sp³-hybridized carbons (Fsp3) is 0.250. The molecule has 0 unspecified atom stereocenters. The summed E-state index contributed by atoms with van der Waals surface area (Å²) in [5.74, 6) is 0.574. The molecule has 0 aliphatic rings.